The van der Waals surface area contributed by atoms with Gasteiger partial charge < -0.3 is 5.32 Å². The zero-order chi connectivity index (χ0) is 9.14. The van der Waals surface area contributed by atoms with Crippen LogP contribution in [0.25, 0.3) is 0 Å². The van der Waals surface area contributed by atoms with Crippen molar-refractivity contribution < 1.29 is 0 Å². The Kier molecular flexibility index (Phi) is 2.74. The summed E-state index contributed by atoms with van der Waals surface area (Å²) in [4.78, 5) is 0. The van der Waals surface area contributed by atoms with E-state index in [1.54, 1.807) is 4.68 Å². The van der Waals surface area contributed by atoms with Gasteiger partial charge in [-0.2, -0.15) is 5.10 Å². The summed E-state index contributed by atoms with van der Waals surface area (Å²) in [7, 11) is 1.92. The van der Waals surface area contributed by atoms with Crippen LogP contribution < -0.4 is 5.32 Å². The molecule has 0 amide bonds. The van der Waals surface area contributed by atoms with Gasteiger partial charge in [-0.05, 0) is 12.8 Å². The highest BCUT2D eigenvalue weighted by atomic mass is 15.3. The maximum atomic E-state index is 4.08. The van der Waals surface area contributed by atoms with Crippen molar-refractivity contribution >= 4 is 5.69 Å². The first kappa shape index (κ1) is 9.10. The smallest absolute Gasteiger partial charge is 0.0728 e. The number of hydrogen-bond donors (Lipinski definition) is 1. The predicted molar refractivity (Wildman–Crippen MR) is 51.1 cm³/mol. The van der Waals surface area contributed by atoms with Crippen LogP contribution in [0.5, 0.6) is 0 Å². The summed E-state index contributed by atoms with van der Waals surface area (Å²) in [6.07, 6.45) is 3.83. The Hall–Kier alpha value is -0.990. The Morgan fingerprint density at radius 1 is 1.42 bits per heavy atom. The summed E-state index contributed by atoms with van der Waals surface area (Å²) >= 11 is 0. The molecule has 12 heavy (non-hydrogen) atoms. The molecule has 0 bridgehead atoms. The van der Waals surface area contributed by atoms with Gasteiger partial charge in [-0.15, -0.1) is 0 Å². The average Bonchev–Trinajstić information content (AvgIpc) is 2.35. The zero-order valence-corrected chi connectivity index (χ0v) is 8.20. The van der Waals surface area contributed by atoms with Crippen molar-refractivity contribution in [2.24, 2.45) is 13.0 Å². The molecular formula is C9H17N3. The van der Waals surface area contributed by atoms with E-state index < -0.39 is 0 Å². The molecule has 0 saturated heterocycles. The third-order valence-electron chi connectivity index (χ3n) is 2.10. The van der Waals surface area contributed by atoms with Gasteiger partial charge in [-0.25, -0.2) is 0 Å². The van der Waals surface area contributed by atoms with E-state index in [1.807, 2.05) is 19.4 Å². The molecule has 3 heteroatoms. The minimum absolute atomic E-state index is 0.495. The lowest BCUT2D eigenvalue weighted by molar-refractivity contribution is 0.560. The van der Waals surface area contributed by atoms with Crippen molar-refractivity contribution in [1.82, 2.24) is 9.78 Å². The van der Waals surface area contributed by atoms with E-state index in [4.69, 9.17) is 0 Å². The van der Waals surface area contributed by atoms with Crippen LogP contribution in [0.4, 0.5) is 5.69 Å². The lowest BCUT2D eigenvalue weighted by atomic mass is 10.1. The third kappa shape index (κ3) is 2.26. The Bertz CT molecular complexity index is 240. The van der Waals surface area contributed by atoms with E-state index in [0.717, 1.165) is 5.69 Å². The van der Waals surface area contributed by atoms with Crippen molar-refractivity contribution in [2.75, 3.05) is 5.32 Å². The molecule has 1 atom stereocenters. The van der Waals surface area contributed by atoms with Crippen molar-refractivity contribution in [3.8, 4) is 0 Å². The summed E-state index contributed by atoms with van der Waals surface area (Å²) in [5.74, 6) is 0.644. The number of nitrogens with zero attached hydrogens (tertiary/aromatic N) is 2. The Balaban J connectivity index is 2.52. The topological polar surface area (TPSA) is 29.9 Å². The second kappa shape index (κ2) is 3.61. The number of aryl methyl sites for hydroxylation is 1. The average molecular weight is 167 g/mol. The molecule has 1 aromatic rings. The molecule has 0 aliphatic heterocycles. The molecule has 0 aliphatic carbocycles. The van der Waals surface area contributed by atoms with Crippen LogP contribution in [0.1, 0.15) is 20.8 Å². The van der Waals surface area contributed by atoms with Gasteiger partial charge in [0.15, 0.2) is 0 Å². The summed E-state index contributed by atoms with van der Waals surface area (Å²) in [5, 5.41) is 7.46. The molecule has 1 N–H and O–H groups in total. The van der Waals surface area contributed by atoms with Gasteiger partial charge in [0.25, 0.3) is 0 Å². The van der Waals surface area contributed by atoms with Crippen LogP contribution in [0.2, 0.25) is 0 Å². The summed E-state index contributed by atoms with van der Waals surface area (Å²) in [6.45, 7) is 6.58. The van der Waals surface area contributed by atoms with Gasteiger partial charge >= 0.3 is 0 Å². The molecule has 0 aliphatic rings. The highest BCUT2D eigenvalue weighted by molar-refractivity contribution is 5.39. The normalized spacial score (nSPS) is 13.4. The standard InChI is InChI=1S/C9H17N3/c1-7(2)8(3)11-9-5-10-12(4)6-9/h5-8,11H,1-4H3/t8-/m0/s1. The lowest BCUT2D eigenvalue weighted by Crippen LogP contribution is -2.21. The summed E-state index contributed by atoms with van der Waals surface area (Å²) in [5.41, 5.74) is 1.10. The van der Waals surface area contributed by atoms with E-state index in [0.29, 0.717) is 12.0 Å². The molecule has 68 valence electrons. The highest BCUT2D eigenvalue weighted by Crippen LogP contribution is 2.10. The van der Waals surface area contributed by atoms with E-state index in [2.05, 4.69) is 31.2 Å². The second-order valence-electron chi connectivity index (χ2n) is 3.58. The van der Waals surface area contributed by atoms with Crippen LogP contribution in [0.15, 0.2) is 12.4 Å². The van der Waals surface area contributed by atoms with Crippen molar-refractivity contribution in [1.29, 1.82) is 0 Å². The molecule has 0 spiro atoms. The van der Waals surface area contributed by atoms with Crippen molar-refractivity contribution in [3.05, 3.63) is 12.4 Å². The maximum Gasteiger partial charge on any atom is 0.0728 e. The van der Waals surface area contributed by atoms with Crippen LogP contribution in [-0.2, 0) is 7.05 Å². The summed E-state index contributed by atoms with van der Waals surface area (Å²) < 4.78 is 1.80. The number of hydrogen-bond acceptors (Lipinski definition) is 2. The number of rotatable bonds is 3. The zero-order valence-electron chi connectivity index (χ0n) is 8.20. The van der Waals surface area contributed by atoms with Crippen LogP contribution >= 0.6 is 0 Å². The fraction of sp³-hybridized carbons (Fsp3) is 0.667. The minimum atomic E-state index is 0.495. The van der Waals surface area contributed by atoms with E-state index in [9.17, 15) is 0 Å². The molecule has 0 fully saturated rings. The first-order valence-electron chi connectivity index (χ1n) is 4.35. The Morgan fingerprint density at radius 2 is 2.08 bits per heavy atom. The van der Waals surface area contributed by atoms with Gasteiger partial charge in [-0.1, -0.05) is 13.8 Å². The first-order valence-corrected chi connectivity index (χ1v) is 4.35. The van der Waals surface area contributed by atoms with Gasteiger partial charge in [0.05, 0.1) is 11.9 Å². The van der Waals surface area contributed by atoms with Crippen LogP contribution in [0, 0.1) is 5.92 Å². The molecule has 1 aromatic heterocycles. The highest BCUT2D eigenvalue weighted by Gasteiger charge is 2.06. The Morgan fingerprint density at radius 3 is 2.50 bits per heavy atom. The lowest BCUT2D eigenvalue weighted by Gasteiger charge is -2.16. The predicted octanol–water partition coefficient (Wildman–Crippen LogP) is 1.88. The SMILES string of the molecule is CC(C)[C@H](C)Nc1cnn(C)c1. The van der Waals surface area contributed by atoms with Crippen molar-refractivity contribution in [2.45, 2.75) is 26.8 Å². The molecular weight excluding hydrogens is 150 g/mol. The van der Waals surface area contributed by atoms with E-state index in [1.165, 1.54) is 0 Å². The van der Waals surface area contributed by atoms with Gasteiger partial charge in [0.1, 0.15) is 0 Å². The second-order valence-corrected chi connectivity index (χ2v) is 3.58. The third-order valence-corrected chi connectivity index (χ3v) is 2.10. The molecule has 0 saturated carbocycles. The molecule has 0 radical (unpaired) electrons. The molecule has 3 nitrogen and oxygen atoms in total. The number of anilines is 1. The summed E-state index contributed by atoms with van der Waals surface area (Å²) in [6, 6.07) is 0.495. The number of nitrogens with one attached hydrogen (secondary N) is 1. The van der Waals surface area contributed by atoms with Crippen LogP contribution in [-0.4, -0.2) is 15.8 Å². The quantitative estimate of drug-likeness (QED) is 0.745. The van der Waals surface area contributed by atoms with E-state index >= 15 is 0 Å². The monoisotopic (exact) mass is 167 g/mol. The molecule has 0 aromatic carbocycles. The van der Waals surface area contributed by atoms with Crippen LogP contribution in [0.3, 0.4) is 0 Å². The first-order chi connectivity index (χ1) is 5.59. The molecule has 1 heterocycles. The fourth-order valence-electron chi connectivity index (χ4n) is 0.925. The Labute approximate surface area is 73.8 Å². The minimum Gasteiger partial charge on any atom is -0.380 e. The fourth-order valence-corrected chi connectivity index (χ4v) is 0.925. The number of aromatic nitrogens is 2. The molecule has 1 rings (SSSR count). The largest absolute Gasteiger partial charge is 0.380 e. The van der Waals surface area contributed by atoms with Gasteiger partial charge in [0.2, 0.25) is 0 Å². The van der Waals surface area contributed by atoms with Gasteiger partial charge in [0, 0.05) is 19.3 Å². The van der Waals surface area contributed by atoms with E-state index in [-0.39, 0.29) is 0 Å². The van der Waals surface area contributed by atoms with Crippen molar-refractivity contribution in [3.63, 3.8) is 0 Å². The van der Waals surface area contributed by atoms with Gasteiger partial charge in [-0.3, -0.25) is 4.68 Å². The molecule has 0 unspecified atom stereocenters. The maximum absolute atomic E-state index is 4.08.